The standard InChI is InChI=1S/C17H26BrNO/c1-5-7-19-16(17-11(2)6-8-20-17)14-9-13(4)15(18)10-12(14)3/h9-11,16-17,19H,5-8H2,1-4H3. The van der Waals surface area contributed by atoms with E-state index in [2.05, 4.69) is 61.1 Å². The van der Waals surface area contributed by atoms with Crippen molar-refractivity contribution in [1.82, 2.24) is 5.32 Å². The molecule has 0 radical (unpaired) electrons. The molecule has 3 heteroatoms. The first kappa shape index (κ1) is 16.0. The Morgan fingerprint density at radius 3 is 2.70 bits per heavy atom. The number of nitrogens with one attached hydrogen (secondary N) is 1. The van der Waals surface area contributed by atoms with E-state index in [0.717, 1.165) is 19.6 Å². The van der Waals surface area contributed by atoms with Gasteiger partial charge in [-0.15, -0.1) is 0 Å². The minimum absolute atomic E-state index is 0.292. The molecule has 3 unspecified atom stereocenters. The molecule has 1 aromatic rings. The molecule has 0 aliphatic carbocycles. The average Bonchev–Trinajstić information content (AvgIpc) is 2.82. The molecule has 0 saturated carbocycles. The predicted molar refractivity (Wildman–Crippen MR) is 88.2 cm³/mol. The summed E-state index contributed by atoms with van der Waals surface area (Å²) in [6, 6.07) is 4.84. The number of halogens is 1. The third-order valence-corrected chi connectivity index (χ3v) is 5.12. The van der Waals surface area contributed by atoms with Gasteiger partial charge in [0.1, 0.15) is 0 Å². The summed E-state index contributed by atoms with van der Waals surface area (Å²) in [7, 11) is 0. The lowest BCUT2D eigenvalue weighted by Crippen LogP contribution is -2.35. The fourth-order valence-electron chi connectivity index (χ4n) is 2.98. The van der Waals surface area contributed by atoms with Gasteiger partial charge in [0.25, 0.3) is 0 Å². The van der Waals surface area contributed by atoms with Crippen LogP contribution in [0, 0.1) is 19.8 Å². The molecule has 0 amide bonds. The molecule has 2 rings (SSSR count). The zero-order valence-corrected chi connectivity index (χ0v) is 14.6. The van der Waals surface area contributed by atoms with Crippen LogP contribution in [-0.2, 0) is 4.74 Å². The molecule has 0 spiro atoms. The monoisotopic (exact) mass is 339 g/mol. The van der Waals surface area contributed by atoms with Gasteiger partial charge < -0.3 is 10.1 Å². The highest BCUT2D eigenvalue weighted by atomic mass is 79.9. The van der Waals surface area contributed by atoms with Crippen LogP contribution in [0.15, 0.2) is 16.6 Å². The fraction of sp³-hybridized carbons (Fsp3) is 0.647. The van der Waals surface area contributed by atoms with Crippen molar-refractivity contribution in [2.24, 2.45) is 5.92 Å². The van der Waals surface area contributed by atoms with E-state index in [1.54, 1.807) is 0 Å². The van der Waals surface area contributed by atoms with E-state index in [1.165, 1.54) is 27.6 Å². The molecule has 3 atom stereocenters. The van der Waals surface area contributed by atoms with Gasteiger partial charge in [0.2, 0.25) is 0 Å². The van der Waals surface area contributed by atoms with Crippen LogP contribution in [0.1, 0.15) is 49.4 Å². The maximum atomic E-state index is 6.03. The molecule has 20 heavy (non-hydrogen) atoms. The Labute approximate surface area is 131 Å². The third kappa shape index (κ3) is 3.44. The number of hydrogen-bond acceptors (Lipinski definition) is 2. The zero-order chi connectivity index (χ0) is 14.7. The van der Waals surface area contributed by atoms with Crippen molar-refractivity contribution in [3.05, 3.63) is 33.3 Å². The zero-order valence-electron chi connectivity index (χ0n) is 13.0. The van der Waals surface area contributed by atoms with Crippen LogP contribution in [0.5, 0.6) is 0 Å². The molecule has 2 nitrogen and oxygen atoms in total. The lowest BCUT2D eigenvalue weighted by Gasteiger charge is -2.29. The van der Waals surface area contributed by atoms with Gasteiger partial charge in [-0.2, -0.15) is 0 Å². The molecule has 0 aromatic heterocycles. The molecular weight excluding hydrogens is 314 g/mol. The maximum absolute atomic E-state index is 6.03. The number of benzene rings is 1. The van der Waals surface area contributed by atoms with E-state index in [9.17, 15) is 0 Å². The fourth-order valence-corrected chi connectivity index (χ4v) is 3.44. The van der Waals surface area contributed by atoms with Crippen LogP contribution in [0.2, 0.25) is 0 Å². The molecule has 1 aliphatic heterocycles. The van der Waals surface area contributed by atoms with E-state index in [1.807, 2.05) is 0 Å². The van der Waals surface area contributed by atoms with Gasteiger partial charge in [-0.3, -0.25) is 0 Å². The minimum Gasteiger partial charge on any atom is -0.376 e. The van der Waals surface area contributed by atoms with Crippen molar-refractivity contribution >= 4 is 15.9 Å². The summed E-state index contributed by atoms with van der Waals surface area (Å²) < 4.78 is 7.22. The van der Waals surface area contributed by atoms with E-state index < -0.39 is 0 Å². The summed E-state index contributed by atoms with van der Waals surface area (Å²) in [5.41, 5.74) is 4.01. The lowest BCUT2D eigenvalue weighted by atomic mass is 9.89. The van der Waals surface area contributed by atoms with Gasteiger partial charge in [-0.1, -0.05) is 35.8 Å². The molecular formula is C17H26BrNO. The molecule has 1 aliphatic rings. The summed E-state index contributed by atoms with van der Waals surface area (Å²) in [5.74, 6) is 0.618. The Hall–Kier alpha value is -0.380. The highest BCUT2D eigenvalue weighted by Crippen LogP contribution is 2.34. The molecule has 1 heterocycles. The van der Waals surface area contributed by atoms with Crippen molar-refractivity contribution in [1.29, 1.82) is 0 Å². The molecule has 1 fully saturated rings. The Kier molecular flexibility index (Phi) is 5.65. The Morgan fingerprint density at radius 2 is 2.10 bits per heavy atom. The Morgan fingerprint density at radius 1 is 1.35 bits per heavy atom. The van der Waals surface area contributed by atoms with Crippen LogP contribution in [0.4, 0.5) is 0 Å². The number of hydrogen-bond donors (Lipinski definition) is 1. The number of ether oxygens (including phenoxy) is 1. The smallest absolute Gasteiger partial charge is 0.0796 e. The SMILES string of the molecule is CCCNC(c1cc(C)c(Br)cc1C)C1OCCC1C. The third-order valence-electron chi connectivity index (χ3n) is 4.27. The second-order valence-electron chi connectivity index (χ2n) is 5.99. The van der Waals surface area contributed by atoms with Gasteiger partial charge in [-0.05, 0) is 61.9 Å². The van der Waals surface area contributed by atoms with Crippen molar-refractivity contribution in [3.63, 3.8) is 0 Å². The lowest BCUT2D eigenvalue weighted by molar-refractivity contribution is 0.0605. The summed E-state index contributed by atoms with van der Waals surface area (Å²) in [4.78, 5) is 0. The van der Waals surface area contributed by atoms with Gasteiger partial charge in [0.15, 0.2) is 0 Å². The molecule has 1 saturated heterocycles. The normalized spacial score (nSPS) is 24.1. The summed E-state index contributed by atoms with van der Waals surface area (Å²) >= 11 is 3.63. The Bertz CT molecular complexity index is 461. The van der Waals surface area contributed by atoms with Crippen LogP contribution in [0.25, 0.3) is 0 Å². The van der Waals surface area contributed by atoms with Crippen molar-refractivity contribution < 1.29 is 4.74 Å². The molecule has 0 bridgehead atoms. The highest BCUT2D eigenvalue weighted by molar-refractivity contribution is 9.10. The predicted octanol–water partition coefficient (Wildman–Crippen LogP) is 4.53. The molecule has 1 N–H and O–H groups in total. The number of rotatable bonds is 5. The molecule has 1 aromatic carbocycles. The average molecular weight is 340 g/mol. The van der Waals surface area contributed by atoms with Crippen molar-refractivity contribution in [3.8, 4) is 0 Å². The minimum atomic E-state index is 0.292. The van der Waals surface area contributed by atoms with Crippen molar-refractivity contribution in [2.45, 2.75) is 52.7 Å². The van der Waals surface area contributed by atoms with E-state index in [4.69, 9.17) is 4.74 Å². The first-order chi connectivity index (χ1) is 9.54. The van der Waals surface area contributed by atoms with Crippen molar-refractivity contribution in [2.75, 3.05) is 13.2 Å². The number of aryl methyl sites for hydroxylation is 2. The summed E-state index contributed by atoms with van der Waals surface area (Å²) in [5, 5.41) is 3.71. The first-order valence-electron chi connectivity index (χ1n) is 7.66. The van der Waals surface area contributed by atoms with Crippen LogP contribution >= 0.6 is 15.9 Å². The van der Waals surface area contributed by atoms with Gasteiger partial charge in [0, 0.05) is 11.1 Å². The highest BCUT2D eigenvalue weighted by Gasteiger charge is 2.33. The topological polar surface area (TPSA) is 21.3 Å². The second kappa shape index (κ2) is 7.06. The second-order valence-corrected chi connectivity index (χ2v) is 6.85. The van der Waals surface area contributed by atoms with Crippen LogP contribution < -0.4 is 5.32 Å². The van der Waals surface area contributed by atoms with Gasteiger partial charge in [0.05, 0.1) is 12.1 Å². The summed E-state index contributed by atoms with van der Waals surface area (Å²) in [6.45, 7) is 10.8. The Balaban J connectivity index is 2.32. The first-order valence-corrected chi connectivity index (χ1v) is 8.45. The van der Waals surface area contributed by atoms with Gasteiger partial charge in [-0.25, -0.2) is 0 Å². The van der Waals surface area contributed by atoms with Crippen LogP contribution in [-0.4, -0.2) is 19.3 Å². The maximum Gasteiger partial charge on any atom is 0.0796 e. The van der Waals surface area contributed by atoms with E-state index in [0.29, 0.717) is 18.1 Å². The quantitative estimate of drug-likeness (QED) is 0.850. The van der Waals surface area contributed by atoms with Gasteiger partial charge >= 0.3 is 0 Å². The largest absolute Gasteiger partial charge is 0.376 e. The van der Waals surface area contributed by atoms with E-state index >= 15 is 0 Å². The van der Waals surface area contributed by atoms with Crippen LogP contribution in [0.3, 0.4) is 0 Å². The van der Waals surface area contributed by atoms with E-state index in [-0.39, 0.29) is 0 Å². The molecule has 112 valence electrons. The summed E-state index contributed by atoms with van der Waals surface area (Å²) in [6.07, 6.45) is 2.61.